The van der Waals surface area contributed by atoms with Gasteiger partial charge in [-0.25, -0.2) is 12.7 Å². The molecule has 10 heteroatoms. The predicted molar refractivity (Wildman–Crippen MR) is 131 cm³/mol. The third-order valence-electron chi connectivity index (χ3n) is 5.32. The summed E-state index contributed by atoms with van der Waals surface area (Å²) in [7, 11) is -3.66. The van der Waals surface area contributed by atoms with Gasteiger partial charge in [0.15, 0.2) is 0 Å². The van der Waals surface area contributed by atoms with Gasteiger partial charge in [0.05, 0.1) is 33.0 Å². The fourth-order valence-electron chi connectivity index (χ4n) is 3.63. The molecule has 2 aromatic rings. The molecule has 0 aliphatic carbocycles. The van der Waals surface area contributed by atoms with Crippen molar-refractivity contribution in [3.05, 3.63) is 76.3 Å². The molecule has 0 spiro atoms. The zero-order valence-electron chi connectivity index (χ0n) is 17.9. The van der Waals surface area contributed by atoms with Crippen molar-refractivity contribution in [3.63, 3.8) is 0 Å². The monoisotopic (exact) mass is 509 g/mol. The van der Waals surface area contributed by atoms with Gasteiger partial charge in [0.1, 0.15) is 0 Å². The van der Waals surface area contributed by atoms with Crippen LogP contribution in [0.2, 0.25) is 10.0 Å². The number of hydrogen-bond acceptors (Lipinski definition) is 4. The first-order valence-electron chi connectivity index (χ1n) is 10.4. The second-order valence-corrected chi connectivity index (χ2v) is 10.5. The normalized spacial score (nSPS) is 16.7. The largest absolute Gasteiger partial charge is 0.349 e. The molecule has 33 heavy (non-hydrogen) atoms. The molecule has 3 rings (SSSR count). The lowest BCUT2D eigenvalue weighted by Gasteiger charge is -2.31. The van der Waals surface area contributed by atoms with Crippen LogP contribution in [0.1, 0.15) is 28.8 Å². The van der Waals surface area contributed by atoms with Gasteiger partial charge in [-0.15, -0.1) is 6.58 Å². The van der Waals surface area contributed by atoms with E-state index in [2.05, 4.69) is 17.2 Å². The van der Waals surface area contributed by atoms with E-state index in [1.54, 1.807) is 42.5 Å². The molecule has 2 N–H and O–H groups in total. The third-order valence-corrected chi connectivity index (χ3v) is 7.87. The van der Waals surface area contributed by atoms with Crippen LogP contribution in [-0.4, -0.2) is 44.2 Å². The summed E-state index contributed by atoms with van der Waals surface area (Å²) >= 11 is 11.9. The minimum Gasteiger partial charge on any atom is -0.349 e. The van der Waals surface area contributed by atoms with E-state index in [0.717, 1.165) is 0 Å². The first-order chi connectivity index (χ1) is 15.7. The van der Waals surface area contributed by atoms with Gasteiger partial charge in [-0.1, -0.05) is 47.5 Å². The van der Waals surface area contributed by atoms with Gasteiger partial charge in [0.2, 0.25) is 15.9 Å². The Hall–Kier alpha value is -2.39. The Labute approximate surface area is 203 Å². The van der Waals surface area contributed by atoms with Gasteiger partial charge >= 0.3 is 0 Å². The number of nitrogens with one attached hydrogen (secondary N) is 2. The number of benzene rings is 2. The minimum absolute atomic E-state index is 0.0698. The van der Waals surface area contributed by atoms with Crippen LogP contribution in [0.15, 0.2) is 55.1 Å². The van der Waals surface area contributed by atoms with Gasteiger partial charge in [-0.3, -0.25) is 9.59 Å². The van der Waals surface area contributed by atoms with Gasteiger partial charge in [-0.05, 0) is 42.7 Å². The van der Waals surface area contributed by atoms with E-state index in [0.29, 0.717) is 47.8 Å². The van der Waals surface area contributed by atoms with Crippen LogP contribution in [0.4, 0.5) is 5.69 Å². The molecule has 1 heterocycles. The molecule has 2 aromatic carbocycles. The highest BCUT2D eigenvalue weighted by molar-refractivity contribution is 7.88. The molecule has 176 valence electrons. The number of nitrogens with zero attached hydrogens (tertiary/aromatic N) is 1. The molecule has 1 aliphatic heterocycles. The summed E-state index contributed by atoms with van der Waals surface area (Å²) < 4.78 is 27.3. The van der Waals surface area contributed by atoms with Gasteiger partial charge in [0, 0.05) is 19.6 Å². The van der Waals surface area contributed by atoms with Crippen LogP contribution in [0.3, 0.4) is 0 Å². The van der Waals surface area contributed by atoms with Crippen LogP contribution in [0.5, 0.6) is 0 Å². The molecule has 0 radical (unpaired) electrons. The molecule has 0 aromatic heterocycles. The second-order valence-electron chi connectivity index (χ2n) is 7.74. The molecular formula is C23H25Cl2N3O4S. The first kappa shape index (κ1) is 25.2. The van der Waals surface area contributed by atoms with E-state index >= 15 is 0 Å². The number of anilines is 1. The van der Waals surface area contributed by atoms with Crippen molar-refractivity contribution in [3.8, 4) is 0 Å². The fraction of sp³-hybridized carbons (Fsp3) is 0.304. The standard InChI is InChI=1S/C23H25Cl2N3O4S/c1-2-11-26-23(30)18-7-3-4-8-21(18)27-22(29)17-6-5-12-28(14-17)33(31,32)15-16-9-10-19(24)20(25)13-16/h2-4,7-10,13,17H,1,5-6,11-12,14-15H2,(H,26,30)(H,27,29)/t17-/m1/s1. The number of amides is 2. The molecular weight excluding hydrogens is 485 g/mol. The SMILES string of the molecule is C=CCNC(=O)c1ccccc1NC(=O)[C@@H]1CCCN(S(=O)(=O)Cc2ccc(Cl)c(Cl)c2)C1. The molecule has 0 saturated carbocycles. The summed E-state index contributed by atoms with van der Waals surface area (Å²) in [5.74, 6) is -1.43. The molecule has 7 nitrogen and oxygen atoms in total. The second kappa shape index (κ2) is 11.2. The topological polar surface area (TPSA) is 95.6 Å². The molecule has 1 atom stereocenters. The summed E-state index contributed by atoms with van der Waals surface area (Å²) in [6.07, 6.45) is 2.67. The number of hydrogen-bond donors (Lipinski definition) is 2. The highest BCUT2D eigenvalue weighted by Crippen LogP contribution is 2.27. The fourth-order valence-corrected chi connectivity index (χ4v) is 5.54. The van der Waals surface area contributed by atoms with Crippen LogP contribution >= 0.6 is 23.2 Å². The zero-order valence-corrected chi connectivity index (χ0v) is 20.2. The zero-order chi connectivity index (χ0) is 24.0. The predicted octanol–water partition coefficient (Wildman–Crippen LogP) is 4.09. The van der Waals surface area contributed by atoms with Crippen LogP contribution in [0.25, 0.3) is 0 Å². The third kappa shape index (κ3) is 6.57. The summed E-state index contributed by atoms with van der Waals surface area (Å²) in [6.45, 7) is 4.28. The van der Waals surface area contributed by atoms with Crippen molar-refractivity contribution >= 4 is 50.7 Å². The van der Waals surface area contributed by atoms with Crippen molar-refractivity contribution in [1.82, 2.24) is 9.62 Å². The molecule has 0 bridgehead atoms. The Bertz CT molecular complexity index is 1150. The Balaban J connectivity index is 1.69. The van der Waals surface area contributed by atoms with E-state index in [1.165, 1.54) is 10.4 Å². The smallest absolute Gasteiger partial charge is 0.253 e. The Morgan fingerprint density at radius 2 is 1.91 bits per heavy atom. The van der Waals surface area contributed by atoms with Crippen molar-refractivity contribution < 1.29 is 18.0 Å². The highest BCUT2D eigenvalue weighted by Gasteiger charge is 2.33. The van der Waals surface area contributed by atoms with Crippen LogP contribution < -0.4 is 10.6 Å². The number of carbonyl (C=O) groups is 2. The first-order valence-corrected chi connectivity index (χ1v) is 12.8. The molecule has 2 amide bonds. The van der Waals surface area contributed by atoms with Crippen LogP contribution in [-0.2, 0) is 20.6 Å². The molecule has 1 saturated heterocycles. The summed E-state index contributed by atoms with van der Waals surface area (Å²) in [5, 5.41) is 6.12. The average Bonchev–Trinajstić information content (AvgIpc) is 2.80. The lowest BCUT2D eigenvalue weighted by Crippen LogP contribution is -2.44. The Morgan fingerprint density at radius 3 is 2.64 bits per heavy atom. The number of para-hydroxylation sites is 1. The van der Waals surface area contributed by atoms with E-state index in [-0.39, 0.29) is 29.1 Å². The summed E-state index contributed by atoms with van der Waals surface area (Å²) in [6, 6.07) is 11.4. The molecule has 1 fully saturated rings. The molecule has 0 unspecified atom stereocenters. The van der Waals surface area contributed by atoms with E-state index in [1.807, 2.05) is 0 Å². The summed E-state index contributed by atoms with van der Waals surface area (Å²) in [4.78, 5) is 25.3. The maximum absolute atomic E-state index is 13.0. The summed E-state index contributed by atoms with van der Waals surface area (Å²) in [5.41, 5.74) is 1.22. The molecule has 1 aliphatic rings. The average molecular weight is 510 g/mol. The van der Waals surface area contributed by atoms with Crippen molar-refractivity contribution in [1.29, 1.82) is 0 Å². The maximum Gasteiger partial charge on any atom is 0.253 e. The number of piperidine rings is 1. The van der Waals surface area contributed by atoms with E-state index < -0.39 is 15.9 Å². The van der Waals surface area contributed by atoms with Crippen molar-refractivity contribution in [2.75, 3.05) is 25.0 Å². The number of carbonyl (C=O) groups excluding carboxylic acids is 2. The quantitative estimate of drug-likeness (QED) is 0.523. The number of rotatable bonds is 8. The van der Waals surface area contributed by atoms with Crippen LogP contribution in [0, 0.1) is 5.92 Å². The van der Waals surface area contributed by atoms with Crippen molar-refractivity contribution in [2.24, 2.45) is 5.92 Å². The van der Waals surface area contributed by atoms with Gasteiger partial charge in [0.25, 0.3) is 5.91 Å². The number of halogens is 2. The lowest BCUT2D eigenvalue weighted by atomic mass is 9.98. The van der Waals surface area contributed by atoms with E-state index in [4.69, 9.17) is 23.2 Å². The highest BCUT2D eigenvalue weighted by atomic mass is 35.5. The maximum atomic E-state index is 13.0. The lowest BCUT2D eigenvalue weighted by molar-refractivity contribution is -0.120. The van der Waals surface area contributed by atoms with E-state index in [9.17, 15) is 18.0 Å². The van der Waals surface area contributed by atoms with Gasteiger partial charge < -0.3 is 10.6 Å². The Kier molecular flexibility index (Phi) is 8.53. The Morgan fingerprint density at radius 1 is 1.15 bits per heavy atom. The minimum atomic E-state index is -3.66. The van der Waals surface area contributed by atoms with Crippen molar-refractivity contribution in [2.45, 2.75) is 18.6 Å². The van der Waals surface area contributed by atoms with Gasteiger partial charge in [-0.2, -0.15) is 0 Å². The number of sulfonamides is 1.